The Hall–Kier alpha value is -2.06. The molecule has 0 aliphatic heterocycles. The summed E-state index contributed by atoms with van der Waals surface area (Å²) in [6.07, 6.45) is 1.27. The third-order valence-electron chi connectivity index (χ3n) is 2.39. The number of allylic oxidation sites excluding steroid dienone is 2. The Kier molecular flexibility index (Phi) is 3.48. The van der Waals surface area contributed by atoms with Gasteiger partial charge in [0, 0.05) is 6.08 Å². The molecule has 1 rings (SSSR count). The summed E-state index contributed by atoms with van der Waals surface area (Å²) < 4.78 is 0. The third kappa shape index (κ3) is 2.72. The van der Waals surface area contributed by atoms with Crippen LogP contribution >= 0.6 is 0 Å². The van der Waals surface area contributed by atoms with Crippen molar-refractivity contribution in [3.8, 4) is 12.1 Å². The van der Waals surface area contributed by atoms with Gasteiger partial charge in [-0.15, -0.1) is 0 Å². The summed E-state index contributed by atoms with van der Waals surface area (Å²) in [6.45, 7) is 6.41. The van der Waals surface area contributed by atoms with Crippen molar-refractivity contribution in [2.75, 3.05) is 0 Å². The molecule has 0 atom stereocenters. The van der Waals surface area contributed by atoms with Crippen LogP contribution in [0, 0.1) is 22.7 Å². The van der Waals surface area contributed by atoms with Crippen molar-refractivity contribution in [3.05, 3.63) is 41.5 Å². The van der Waals surface area contributed by atoms with E-state index in [2.05, 4.69) is 20.8 Å². The van der Waals surface area contributed by atoms with E-state index in [0.29, 0.717) is 5.57 Å². The van der Waals surface area contributed by atoms with Gasteiger partial charge in [0.1, 0.15) is 6.07 Å². The molecular weight excluding hydrogens is 196 g/mol. The highest BCUT2D eigenvalue weighted by Gasteiger charge is 2.13. The van der Waals surface area contributed by atoms with Crippen LogP contribution in [0.2, 0.25) is 0 Å². The first-order chi connectivity index (χ1) is 7.49. The molecule has 1 aromatic rings. The van der Waals surface area contributed by atoms with E-state index in [1.165, 1.54) is 11.6 Å². The zero-order valence-corrected chi connectivity index (χ0v) is 9.78. The van der Waals surface area contributed by atoms with Gasteiger partial charge in [0.15, 0.2) is 0 Å². The maximum absolute atomic E-state index is 8.87. The van der Waals surface area contributed by atoms with Crippen molar-refractivity contribution < 1.29 is 0 Å². The molecule has 0 N–H and O–H groups in total. The summed E-state index contributed by atoms with van der Waals surface area (Å²) in [5.74, 6) is 0. The first-order valence-electron chi connectivity index (χ1n) is 5.10. The van der Waals surface area contributed by atoms with E-state index < -0.39 is 0 Å². The molecule has 0 aliphatic rings. The minimum Gasteiger partial charge on any atom is -0.193 e. The highest BCUT2D eigenvalue weighted by molar-refractivity contribution is 5.78. The van der Waals surface area contributed by atoms with Crippen LogP contribution in [0.5, 0.6) is 0 Å². The van der Waals surface area contributed by atoms with Crippen LogP contribution in [0.3, 0.4) is 0 Å². The summed E-state index contributed by atoms with van der Waals surface area (Å²) in [4.78, 5) is 0. The standard InChI is InChI=1S/C14H14N2/c1-14(2,3)13-6-4-11(5-7-13)12(10-16)8-9-15/h4-8H,1-3H3/b12-8+. The minimum absolute atomic E-state index is 0.101. The van der Waals surface area contributed by atoms with Crippen LogP contribution < -0.4 is 0 Å². The van der Waals surface area contributed by atoms with E-state index in [-0.39, 0.29) is 5.41 Å². The fourth-order valence-corrected chi connectivity index (χ4v) is 1.39. The molecule has 0 spiro atoms. The molecule has 0 radical (unpaired) electrons. The third-order valence-corrected chi connectivity index (χ3v) is 2.39. The van der Waals surface area contributed by atoms with Crippen LogP contribution in [-0.4, -0.2) is 0 Å². The topological polar surface area (TPSA) is 47.6 Å². The Labute approximate surface area is 96.4 Å². The number of hydrogen-bond donors (Lipinski definition) is 0. The molecule has 0 aliphatic carbocycles. The van der Waals surface area contributed by atoms with Crippen LogP contribution in [0.15, 0.2) is 30.3 Å². The summed E-state index contributed by atoms with van der Waals surface area (Å²) in [5, 5.41) is 17.4. The van der Waals surface area contributed by atoms with Gasteiger partial charge >= 0.3 is 0 Å². The van der Waals surface area contributed by atoms with Crippen molar-refractivity contribution in [2.24, 2.45) is 0 Å². The van der Waals surface area contributed by atoms with Gasteiger partial charge in [0.2, 0.25) is 0 Å². The zero-order chi connectivity index (χ0) is 12.2. The highest BCUT2D eigenvalue weighted by atomic mass is 14.3. The lowest BCUT2D eigenvalue weighted by molar-refractivity contribution is 0.590. The molecule has 0 saturated heterocycles. The summed E-state index contributed by atoms with van der Waals surface area (Å²) in [5.41, 5.74) is 2.51. The maximum Gasteiger partial charge on any atom is 0.101 e. The molecule has 16 heavy (non-hydrogen) atoms. The van der Waals surface area contributed by atoms with Crippen molar-refractivity contribution in [1.82, 2.24) is 0 Å². The van der Waals surface area contributed by atoms with E-state index in [1.807, 2.05) is 36.4 Å². The molecule has 0 saturated carbocycles. The highest BCUT2D eigenvalue weighted by Crippen LogP contribution is 2.24. The molecular formula is C14H14N2. The predicted octanol–water partition coefficient (Wildman–Crippen LogP) is 3.41. The Morgan fingerprint density at radius 3 is 2.06 bits per heavy atom. The Bertz CT molecular complexity index is 473. The second-order valence-electron chi connectivity index (χ2n) is 4.63. The molecule has 0 bridgehead atoms. The van der Waals surface area contributed by atoms with Gasteiger partial charge in [0.05, 0.1) is 11.6 Å². The Morgan fingerprint density at radius 1 is 1.12 bits per heavy atom. The SMILES string of the molecule is CC(C)(C)c1ccc(/C(C#N)=C/C#N)cc1. The van der Waals surface area contributed by atoms with Gasteiger partial charge in [-0.1, -0.05) is 45.0 Å². The smallest absolute Gasteiger partial charge is 0.101 e. The monoisotopic (exact) mass is 210 g/mol. The van der Waals surface area contributed by atoms with E-state index in [1.54, 1.807) is 0 Å². The van der Waals surface area contributed by atoms with Gasteiger partial charge in [-0.05, 0) is 16.5 Å². The molecule has 0 heterocycles. The first-order valence-corrected chi connectivity index (χ1v) is 5.10. The van der Waals surface area contributed by atoms with Crippen LogP contribution in [0.25, 0.3) is 5.57 Å². The van der Waals surface area contributed by atoms with Crippen LogP contribution in [0.4, 0.5) is 0 Å². The minimum atomic E-state index is 0.101. The quantitative estimate of drug-likeness (QED) is 0.667. The maximum atomic E-state index is 8.87. The van der Waals surface area contributed by atoms with Crippen LogP contribution in [-0.2, 0) is 5.41 Å². The molecule has 2 nitrogen and oxygen atoms in total. The second kappa shape index (κ2) is 4.64. The van der Waals surface area contributed by atoms with Crippen molar-refractivity contribution in [3.63, 3.8) is 0 Å². The first kappa shape index (κ1) is 12.0. The van der Waals surface area contributed by atoms with Gasteiger partial charge in [0.25, 0.3) is 0 Å². The number of nitrogens with zero attached hydrogens (tertiary/aromatic N) is 2. The van der Waals surface area contributed by atoms with Crippen molar-refractivity contribution in [1.29, 1.82) is 10.5 Å². The van der Waals surface area contributed by atoms with Crippen molar-refractivity contribution in [2.45, 2.75) is 26.2 Å². The Morgan fingerprint density at radius 2 is 1.69 bits per heavy atom. The number of benzene rings is 1. The average Bonchev–Trinajstić information content (AvgIpc) is 2.25. The molecule has 0 amide bonds. The normalized spacial score (nSPS) is 11.7. The van der Waals surface area contributed by atoms with Gasteiger partial charge < -0.3 is 0 Å². The lowest BCUT2D eigenvalue weighted by Gasteiger charge is -2.18. The lowest BCUT2D eigenvalue weighted by Crippen LogP contribution is -2.10. The largest absolute Gasteiger partial charge is 0.193 e. The van der Waals surface area contributed by atoms with Gasteiger partial charge in [-0.25, -0.2) is 0 Å². The summed E-state index contributed by atoms with van der Waals surface area (Å²) in [7, 11) is 0. The predicted molar refractivity (Wildman–Crippen MR) is 64.3 cm³/mol. The fourth-order valence-electron chi connectivity index (χ4n) is 1.39. The lowest BCUT2D eigenvalue weighted by atomic mass is 9.86. The molecule has 0 aromatic heterocycles. The fraction of sp³-hybridized carbons (Fsp3) is 0.286. The zero-order valence-electron chi connectivity index (χ0n) is 9.78. The Balaban J connectivity index is 3.11. The van der Waals surface area contributed by atoms with Crippen LogP contribution in [0.1, 0.15) is 31.9 Å². The average molecular weight is 210 g/mol. The van der Waals surface area contributed by atoms with E-state index >= 15 is 0 Å². The van der Waals surface area contributed by atoms with Gasteiger partial charge in [-0.3, -0.25) is 0 Å². The molecule has 0 fully saturated rings. The van der Waals surface area contributed by atoms with Crippen molar-refractivity contribution >= 4 is 5.57 Å². The molecule has 80 valence electrons. The second-order valence-corrected chi connectivity index (χ2v) is 4.63. The van der Waals surface area contributed by atoms with E-state index in [4.69, 9.17) is 10.5 Å². The summed E-state index contributed by atoms with van der Waals surface area (Å²) in [6, 6.07) is 11.7. The van der Waals surface area contributed by atoms with E-state index in [0.717, 1.165) is 5.56 Å². The summed E-state index contributed by atoms with van der Waals surface area (Å²) >= 11 is 0. The van der Waals surface area contributed by atoms with E-state index in [9.17, 15) is 0 Å². The molecule has 2 heteroatoms. The number of nitriles is 2. The van der Waals surface area contributed by atoms with Gasteiger partial charge in [-0.2, -0.15) is 10.5 Å². The number of hydrogen-bond acceptors (Lipinski definition) is 2. The molecule has 0 unspecified atom stereocenters. The molecule has 1 aromatic carbocycles. The number of rotatable bonds is 1.